The first-order valence-electron chi connectivity index (χ1n) is 6.78. The van der Waals surface area contributed by atoms with Crippen LogP contribution in [0.1, 0.15) is 39.0 Å². The minimum Gasteiger partial charge on any atom is -0.366 e. The molecule has 2 rings (SSSR count). The molecule has 1 saturated carbocycles. The van der Waals surface area contributed by atoms with Crippen molar-refractivity contribution in [3.63, 3.8) is 0 Å². The molecule has 18 heavy (non-hydrogen) atoms. The van der Waals surface area contributed by atoms with Crippen LogP contribution >= 0.6 is 0 Å². The second kappa shape index (κ2) is 5.00. The summed E-state index contributed by atoms with van der Waals surface area (Å²) in [7, 11) is 1.17. The van der Waals surface area contributed by atoms with Crippen molar-refractivity contribution in [2.75, 3.05) is 20.2 Å². The molecule has 0 atom stereocenters. The van der Waals surface area contributed by atoms with Gasteiger partial charge in [0.15, 0.2) is 5.60 Å². The lowest BCUT2D eigenvalue weighted by molar-refractivity contribution is -0.315. The van der Waals surface area contributed by atoms with Gasteiger partial charge >= 0.3 is 6.18 Å². The van der Waals surface area contributed by atoms with Crippen molar-refractivity contribution in [2.45, 2.75) is 56.8 Å². The fourth-order valence-corrected chi connectivity index (χ4v) is 3.21. The lowest BCUT2D eigenvalue weighted by Crippen LogP contribution is -2.72. The maximum absolute atomic E-state index is 12.9. The number of methoxy groups -OCH3 is 1. The quantitative estimate of drug-likeness (QED) is 0.777. The smallest absolute Gasteiger partial charge is 0.366 e. The fraction of sp³-hybridized carbons (Fsp3) is 1.00. The highest BCUT2D eigenvalue weighted by atomic mass is 19.4. The van der Waals surface area contributed by atoms with E-state index in [1.807, 2.05) is 4.90 Å². The lowest BCUT2D eigenvalue weighted by Gasteiger charge is -2.53. The number of nitrogens with zero attached hydrogens (tertiary/aromatic N) is 1. The molecule has 106 valence electrons. The standard InChI is InChI=1S/C13H22F3NO/c1-3-10-4-6-11(7-5-10)17-8-12(9-17,18-2)13(14,15)16/h10-11H,3-9H2,1-2H3. The minimum atomic E-state index is -4.25. The fourth-order valence-electron chi connectivity index (χ4n) is 3.21. The predicted molar refractivity (Wildman–Crippen MR) is 63.4 cm³/mol. The monoisotopic (exact) mass is 265 g/mol. The molecule has 2 fully saturated rings. The SMILES string of the molecule is CCC1CCC(N2CC(OC)(C(F)(F)F)C2)CC1. The van der Waals surface area contributed by atoms with E-state index in [0.717, 1.165) is 31.6 Å². The first-order chi connectivity index (χ1) is 8.42. The van der Waals surface area contributed by atoms with Crippen LogP contribution in [0.2, 0.25) is 0 Å². The molecule has 0 aromatic heterocycles. The number of halogens is 3. The zero-order valence-electron chi connectivity index (χ0n) is 11.1. The van der Waals surface area contributed by atoms with Crippen molar-refractivity contribution in [1.29, 1.82) is 0 Å². The topological polar surface area (TPSA) is 12.5 Å². The van der Waals surface area contributed by atoms with E-state index in [2.05, 4.69) is 6.92 Å². The molecule has 5 heteroatoms. The van der Waals surface area contributed by atoms with E-state index in [1.54, 1.807) is 0 Å². The molecular formula is C13H22F3NO. The van der Waals surface area contributed by atoms with Gasteiger partial charge in [-0.3, -0.25) is 4.90 Å². The number of hydrogen-bond donors (Lipinski definition) is 0. The second-order valence-corrected chi connectivity index (χ2v) is 5.68. The number of ether oxygens (including phenoxy) is 1. The van der Waals surface area contributed by atoms with Gasteiger partial charge in [0.2, 0.25) is 0 Å². The third-order valence-electron chi connectivity index (χ3n) is 4.73. The highest BCUT2D eigenvalue weighted by molar-refractivity contribution is 5.05. The third kappa shape index (κ3) is 2.39. The Morgan fingerprint density at radius 2 is 1.72 bits per heavy atom. The summed E-state index contributed by atoms with van der Waals surface area (Å²) in [5.41, 5.74) is -1.91. The summed E-state index contributed by atoms with van der Waals surface area (Å²) in [4.78, 5) is 1.95. The number of hydrogen-bond acceptors (Lipinski definition) is 2. The first-order valence-corrected chi connectivity index (χ1v) is 6.78. The van der Waals surface area contributed by atoms with Gasteiger partial charge in [0, 0.05) is 26.2 Å². The Labute approximate surface area is 106 Å². The van der Waals surface area contributed by atoms with Crippen LogP contribution in [0.25, 0.3) is 0 Å². The Hall–Kier alpha value is -0.290. The zero-order valence-corrected chi connectivity index (χ0v) is 11.1. The van der Waals surface area contributed by atoms with Gasteiger partial charge < -0.3 is 4.74 Å². The molecule has 0 aromatic carbocycles. The van der Waals surface area contributed by atoms with Crippen molar-refractivity contribution >= 4 is 0 Å². The van der Waals surface area contributed by atoms with Gasteiger partial charge in [-0.1, -0.05) is 13.3 Å². The van der Waals surface area contributed by atoms with E-state index < -0.39 is 11.8 Å². The van der Waals surface area contributed by atoms with Crippen LogP contribution in [0.3, 0.4) is 0 Å². The summed E-state index contributed by atoms with van der Waals surface area (Å²) in [5.74, 6) is 0.775. The second-order valence-electron chi connectivity index (χ2n) is 5.68. The molecule has 0 spiro atoms. The van der Waals surface area contributed by atoms with Crippen LogP contribution in [0.5, 0.6) is 0 Å². The Balaban J connectivity index is 1.86. The van der Waals surface area contributed by atoms with Crippen LogP contribution in [0.15, 0.2) is 0 Å². The maximum atomic E-state index is 12.9. The average molecular weight is 265 g/mol. The highest BCUT2D eigenvalue weighted by Gasteiger charge is 2.63. The molecule has 1 aliphatic heterocycles. The molecule has 1 aliphatic carbocycles. The summed E-state index contributed by atoms with van der Waals surface area (Å²) in [6, 6.07) is 0.332. The van der Waals surface area contributed by atoms with Gasteiger partial charge in [-0.05, 0) is 31.6 Å². The van der Waals surface area contributed by atoms with E-state index >= 15 is 0 Å². The van der Waals surface area contributed by atoms with Crippen molar-refractivity contribution in [3.8, 4) is 0 Å². The largest absolute Gasteiger partial charge is 0.419 e. The van der Waals surface area contributed by atoms with E-state index in [0.29, 0.717) is 6.04 Å². The zero-order chi connectivity index (χ0) is 13.4. The van der Waals surface area contributed by atoms with Crippen LogP contribution < -0.4 is 0 Å². The Morgan fingerprint density at radius 3 is 2.11 bits per heavy atom. The Bertz CT molecular complexity index is 278. The maximum Gasteiger partial charge on any atom is 0.419 e. The molecule has 0 amide bonds. The lowest BCUT2D eigenvalue weighted by atomic mass is 9.81. The van der Waals surface area contributed by atoms with E-state index in [-0.39, 0.29) is 13.1 Å². The average Bonchev–Trinajstić information content (AvgIpc) is 2.27. The van der Waals surface area contributed by atoms with Crippen LogP contribution in [0, 0.1) is 5.92 Å². The molecule has 2 aliphatic rings. The van der Waals surface area contributed by atoms with Gasteiger partial charge in [-0.25, -0.2) is 0 Å². The van der Waals surface area contributed by atoms with E-state index in [4.69, 9.17) is 4.74 Å². The number of rotatable bonds is 3. The van der Waals surface area contributed by atoms with E-state index in [9.17, 15) is 13.2 Å². The van der Waals surface area contributed by atoms with Crippen LogP contribution in [-0.4, -0.2) is 42.9 Å². The van der Waals surface area contributed by atoms with Crippen molar-refractivity contribution in [1.82, 2.24) is 4.90 Å². The molecule has 1 saturated heterocycles. The normalized spacial score (nSPS) is 33.2. The molecule has 0 radical (unpaired) electrons. The molecule has 0 unspecified atom stereocenters. The number of likely N-dealkylation sites (tertiary alicyclic amines) is 1. The van der Waals surface area contributed by atoms with E-state index in [1.165, 1.54) is 13.5 Å². The van der Waals surface area contributed by atoms with Gasteiger partial charge in [-0.2, -0.15) is 13.2 Å². The predicted octanol–water partition coefficient (Wildman–Crippen LogP) is 3.22. The molecule has 2 nitrogen and oxygen atoms in total. The summed E-state index contributed by atoms with van der Waals surface area (Å²) < 4.78 is 43.3. The summed E-state index contributed by atoms with van der Waals surface area (Å²) in [6.45, 7) is 2.21. The molecule has 0 N–H and O–H groups in total. The molecule has 0 aromatic rings. The first kappa shape index (κ1) is 14.1. The molecular weight excluding hydrogens is 243 g/mol. The Kier molecular flexibility index (Phi) is 3.93. The molecule has 1 heterocycles. The highest BCUT2D eigenvalue weighted by Crippen LogP contribution is 2.43. The van der Waals surface area contributed by atoms with Gasteiger partial charge in [0.25, 0.3) is 0 Å². The van der Waals surface area contributed by atoms with Crippen LogP contribution in [0.4, 0.5) is 13.2 Å². The van der Waals surface area contributed by atoms with Gasteiger partial charge in [-0.15, -0.1) is 0 Å². The van der Waals surface area contributed by atoms with Crippen molar-refractivity contribution < 1.29 is 17.9 Å². The summed E-state index contributed by atoms with van der Waals surface area (Å²) in [6.07, 6.45) is 1.33. The number of alkyl halides is 3. The van der Waals surface area contributed by atoms with Crippen LogP contribution in [-0.2, 0) is 4.74 Å². The summed E-state index contributed by atoms with van der Waals surface area (Å²) in [5, 5.41) is 0. The summed E-state index contributed by atoms with van der Waals surface area (Å²) >= 11 is 0. The van der Waals surface area contributed by atoms with Gasteiger partial charge in [0.05, 0.1) is 0 Å². The molecule has 0 bridgehead atoms. The van der Waals surface area contributed by atoms with Gasteiger partial charge in [0.1, 0.15) is 0 Å². The van der Waals surface area contributed by atoms with Crippen molar-refractivity contribution in [3.05, 3.63) is 0 Å². The van der Waals surface area contributed by atoms with Crippen molar-refractivity contribution in [2.24, 2.45) is 5.92 Å². The Morgan fingerprint density at radius 1 is 1.17 bits per heavy atom. The third-order valence-corrected chi connectivity index (χ3v) is 4.73. The minimum absolute atomic E-state index is 0.00839.